The fourth-order valence-corrected chi connectivity index (χ4v) is 4.50. The van der Waals surface area contributed by atoms with Crippen molar-refractivity contribution in [1.82, 2.24) is 0 Å². The molecule has 176 valence electrons. The summed E-state index contributed by atoms with van der Waals surface area (Å²) in [7, 11) is 0. The zero-order valence-corrected chi connectivity index (χ0v) is 23.0. The molecular formula is C32H48. The van der Waals surface area contributed by atoms with Gasteiger partial charge in [0.05, 0.1) is 0 Å². The summed E-state index contributed by atoms with van der Waals surface area (Å²) in [6.07, 6.45) is 7.01. The molecule has 2 aliphatic rings. The molecule has 0 unspecified atom stereocenters. The van der Waals surface area contributed by atoms with Gasteiger partial charge in [0.25, 0.3) is 0 Å². The largest absolute Gasteiger partial charge is 0.0757 e. The van der Waals surface area contributed by atoms with Crippen LogP contribution in [-0.2, 0) is 12.8 Å². The van der Waals surface area contributed by atoms with Gasteiger partial charge in [-0.3, -0.25) is 0 Å². The Morgan fingerprint density at radius 1 is 0.531 bits per heavy atom. The minimum atomic E-state index is 0.277. The molecule has 0 radical (unpaired) electrons. The molecule has 0 bridgehead atoms. The van der Waals surface area contributed by atoms with Crippen molar-refractivity contribution in [3.8, 4) is 0 Å². The van der Waals surface area contributed by atoms with Crippen molar-refractivity contribution in [1.29, 1.82) is 0 Å². The second-order valence-electron chi connectivity index (χ2n) is 10.3. The van der Waals surface area contributed by atoms with Gasteiger partial charge in [0, 0.05) is 0 Å². The van der Waals surface area contributed by atoms with E-state index in [1.165, 1.54) is 44.5 Å². The molecule has 0 nitrogen and oxygen atoms in total. The van der Waals surface area contributed by atoms with Crippen molar-refractivity contribution >= 4 is 11.1 Å². The van der Waals surface area contributed by atoms with Crippen LogP contribution >= 0.6 is 0 Å². The van der Waals surface area contributed by atoms with Crippen LogP contribution in [0.25, 0.3) is 11.1 Å². The minimum absolute atomic E-state index is 0.277. The van der Waals surface area contributed by atoms with Crippen molar-refractivity contribution in [3.05, 3.63) is 81.9 Å². The minimum Gasteiger partial charge on any atom is -0.0757 e. The van der Waals surface area contributed by atoms with E-state index in [1.54, 1.807) is 0 Å². The lowest BCUT2D eigenvalue weighted by Crippen LogP contribution is -2.07. The summed E-state index contributed by atoms with van der Waals surface area (Å²) in [6, 6.07) is 13.3. The molecule has 0 heterocycles. The van der Waals surface area contributed by atoms with Gasteiger partial charge in [-0.05, 0) is 82.0 Å². The molecule has 2 aromatic rings. The van der Waals surface area contributed by atoms with Gasteiger partial charge in [0.15, 0.2) is 0 Å². The zero-order valence-electron chi connectivity index (χ0n) is 23.0. The average molecular weight is 433 g/mol. The van der Waals surface area contributed by atoms with Crippen LogP contribution in [0.15, 0.2) is 48.6 Å². The van der Waals surface area contributed by atoms with Gasteiger partial charge in [-0.15, -0.1) is 0 Å². The summed E-state index contributed by atoms with van der Waals surface area (Å²) in [4.78, 5) is 0. The SMILES string of the molecule is CC.CC.Cc1cccc2c1CC=C2C(C)(C)C.Cc1cccc2c1CC=C2C(C)(C)C. The molecule has 2 aromatic carbocycles. The molecule has 4 rings (SSSR count). The van der Waals surface area contributed by atoms with Gasteiger partial charge >= 0.3 is 0 Å². The first-order valence-electron chi connectivity index (χ1n) is 12.6. The maximum Gasteiger partial charge on any atom is -0.00825 e. The van der Waals surface area contributed by atoms with E-state index in [0.717, 1.165) is 12.8 Å². The van der Waals surface area contributed by atoms with Gasteiger partial charge in [0.2, 0.25) is 0 Å². The van der Waals surface area contributed by atoms with Crippen molar-refractivity contribution in [2.45, 2.75) is 95.9 Å². The third-order valence-corrected chi connectivity index (χ3v) is 6.04. The fourth-order valence-electron chi connectivity index (χ4n) is 4.50. The number of allylic oxidation sites excluding steroid dienone is 4. The Hall–Kier alpha value is -2.08. The van der Waals surface area contributed by atoms with Crippen LogP contribution in [0.4, 0.5) is 0 Å². The van der Waals surface area contributed by atoms with E-state index in [9.17, 15) is 0 Å². The topological polar surface area (TPSA) is 0 Å². The summed E-state index contributed by atoms with van der Waals surface area (Å²) in [5.74, 6) is 0. The predicted octanol–water partition coefficient (Wildman–Crippen LogP) is 10.0. The van der Waals surface area contributed by atoms with E-state index < -0.39 is 0 Å². The highest BCUT2D eigenvalue weighted by Crippen LogP contribution is 2.41. The first-order valence-corrected chi connectivity index (χ1v) is 12.6. The lowest BCUT2D eigenvalue weighted by atomic mass is 9.83. The van der Waals surface area contributed by atoms with Crippen LogP contribution in [0.3, 0.4) is 0 Å². The van der Waals surface area contributed by atoms with Crippen LogP contribution in [-0.4, -0.2) is 0 Å². The molecule has 32 heavy (non-hydrogen) atoms. The first-order chi connectivity index (χ1) is 15.0. The maximum absolute atomic E-state index is 2.39. The molecule has 0 saturated carbocycles. The highest BCUT2D eigenvalue weighted by Gasteiger charge is 2.25. The van der Waals surface area contributed by atoms with Crippen molar-refractivity contribution in [2.75, 3.05) is 0 Å². The summed E-state index contributed by atoms with van der Waals surface area (Å²) in [5.41, 5.74) is 12.4. The van der Waals surface area contributed by atoms with Crippen LogP contribution in [0.1, 0.15) is 103 Å². The number of hydrogen-bond acceptors (Lipinski definition) is 0. The molecule has 0 spiro atoms. The molecule has 0 heteroatoms. The predicted molar refractivity (Wildman–Crippen MR) is 147 cm³/mol. The molecule has 0 aromatic heterocycles. The van der Waals surface area contributed by atoms with Crippen molar-refractivity contribution < 1.29 is 0 Å². The highest BCUT2D eigenvalue weighted by molar-refractivity contribution is 5.77. The lowest BCUT2D eigenvalue weighted by molar-refractivity contribution is 0.567. The molecule has 0 amide bonds. The third kappa shape index (κ3) is 6.47. The van der Waals surface area contributed by atoms with Crippen molar-refractivity contribution in [3.63, 3.8) is 0 Å². The fraction of sp³-hybridized carbons (Fsp3) is 0.500. The Labute approximate surface area is 199 Å². The molecule has 0 saturated heterocycles. The monoisotopic (exact) mass is 432 g/mol. The smallest absolute Gasteiger partial charge is 0.00825 e. The normalized spacial score (nSPS) is 13.8. The van der Waals surface area contributed by atoms with Crippen LogP contribution in [0.2, 0.25) is 0 Å². The number of hydrogen-bond donors (Lipinski definition) is 0. The zero-order chi connectivity index (χ0) is 24.7. The molecule has 2 aliphatic carbocycles. The van der Waals surface area contributed by atoms with Gasteiger partial charge in [-0.25, -0.2) is 0 Å². The Bertz CT molecular complexity index is 857. The van der Waals surface area contributed by atoms with Gasteiger partial charge in [-0.2, -0.15) is 0 Å². The van der Waals surface area contributed by atoms with Crippen LogP contribution in [0, 0.1) is 24.7 Å². The number of aryl methyl sites for hydroxylation is 2. The van der Waals surface area contributed by atoms with Crippen LogP contribution < -0.4 is 0 Å². The second-order valence-corrected chi connectivity index (χ2v) is 10.3. The van der Waals surface area contributed by atoms with E-state index >= 15 is 0 Å². The Balaban J connectivity index is 0.000000277. The summed E-state index contributed by atoms with van der Waals surface area (Å²) >= 11 is 0. The Morgan fingerprint density at radius 3 is 1.12 bits per heavy atom. The van der Waals surface area contributed by atoms with Crippen LogP contribution in [0.5, 0.6) is 0 Å². The number of fused-ring (bicyclic) bond motifs is 2. The standard InChI is InChI=1S/2C14H18.2C2H6/c2*1-10-6-5-7-12-11(10)8-9-13(12)14(2,3)4;2*1-2/h2*5-7,9H,8H2,1-4H3;2*1-2H3. The quantitative estimate of drug-likeness (QED) is 0.388. The van der Waals surface area contributed by atoms with Gasteiger partial charge < -0.3 is 0 Å². The van der Waals surface area contributed by atoms with E-state index in [4.69, 9.17) is 0 Å². The number of benzene rings is 2. The molecule has 0 aliphatic heterocycles. The van der Waals surface area contributed by atoms with E-state index in [0.29, 0.717) is 0 Å². The number of rotatable bonds is 0. The molecule has 0 fully saturated rings. The lowest BCUT2D eigenvalue weighted by Gasteiger charge is -2.22. The Kier molecular flexibility index (Phi) is 10.2. The molecular weight excluding hydrogens is 384 g/mol. The van der Waals surface area contributed by atoms with Gasteiger partial charge in [0.1, 0.15) is 0 Å². The highest BCUT2D eigenvalue weighted by atomic mass is 14.3. The van der Waals surface area contributed by atoms with E-state index in [1.807, 2.05) is 27.7 Å². The third-order valence-electron chi connectivity index (χ3n) is 6.04. The second kappa shape index (κ2) is 11.7. The Morgan fingerprint density at radius 2 is 0.844 bits per heavy atom. The average Bonchev–Trinajstić information content (AvgIpc) is 3.37. The molecule has 0 N–H and O–H groups in total. The summed E-state index contributed by atoms with van der Waals surface area (Å²) < 4.78 is 0. The van der Waals surface area contributed by atoms with Crippen molar-refractivity contribution in [2.24, 2.45) is 10.8 Å². The van der Waals surface area contributed by atoms with E-state index in [2.05, 4.69) is 104 Å². The molecule has 0 atom stereocenters. The first kappa shape index (κ1) is 28.0. The van der Waals surface area contributed by atoms with Gasteiger partial charge in [-0.1, -0.05) is 118 Å². The maximum atomic E-state index is 2.39. The summed E-state index contributed by atoms with van der Waals surface area (Å²) in [5, 5.41) is 0. The summed E-state index contributed by atoms with van der Waals surface area (Å²) in [6.45, 7) is 26.1. The van der Waals surface area contributed by atoms with E-state index in [-0.39, 0.29) is 10.8 Å².